The third kappa shape index (κ3) is 5.40. The molecule has 1 fully saturated rings. The molecule has 176 valence electrons. The number of hydrogen-bond acceptors (Lipinski definition) is 7. The molecule has 0 N–H and O–H groups in total. The highest BCUT2D eigenvalue weighted by Gasteiger charge is 2.22. The summed E-state index contributed by atoms with van der Waals surface area (Å²) in [7, 11) is 0.343. The number of piperazine rings is 1. The lowest BCUT2D eigenvalue weighted by Crippen LogP contribution is -2.46. The molecule has 10 heteroatoms. The van der Waals surface area contributed by atoms with Gasteiger partial charge in [0.15, 0.2) is 5.82 Å². The maximum absolute atomic E-state index is 11.7. The highest BCUT2D eigenvalue weighted by Crippen LogP contribution is 2.28. The molecule has 0 saturated carbocycles. The average molecular weight is 470 g/mol. The molecule has 0 aliphatic carbocycles. The van der Waals surface area contributed by atoms with Gasteiger partial charge in [0, 0.05) is 82.6 Å². The van der Waals surface area contributed by atoms with E-state index in [0.29, 0.717) is 6.54 Å². The van der Waals surface area contributed by atoms with E-state index in [1.165, 1.54) is 21.8 Å². The number of sulfonamides is 1. The molecule has 0 unspecified atom stereocenters. The summed E-state index contributed by atoms with van der Waals surface area (Å²) in [6.07, 6.45) is 6.62. The van der Waals surface area contributed by atoms with E-state index in [9.17, 15) is 8.42 Å². The molecule has 3 aromatic rings. The fraction of sp³-hybridized carbons (Fsp3) is 0.435. The SMILES string of the molecule is Cc1c(CN2CCN(c3nccnc3-c3ccc(CN(C)S(C)(=O)=O)cc3)CC2)cnn1C. The minimum absolute atomic E-state index is 0.338. The maximum Gasteiger partial charge on any atom is 0.211 e. The van der Waals surface area contributed by atoms with Crippen molar-refractivity contribution in [2.75, 3.05) is 44.4 Å². The van der Waals surface area contributed by atoms with Crippen molar-refractivity contribution in [3.8, 4) is 11.3 Å². The number of aryl methyl sites for hydroxylation is 1. The molecule has 1 aliphatic rings. The Labute approximate surface area is 195 Å². The molecule has 33 heavy (non-hydrogen) atoms. The molecule has 1 aromatic carbocycles. The lowest BCUT2D eigenvalue weighted by Gasteiger charge is -2.35. The Hall–Kier alpha value is -2.82. The number of nitrogens with zero attached hydrogens (tertiary/aromatic N) is 7. The zero-order valence-corrected chi connectivity index (χ0v) is 20.5. The van der Waals surface area contributed by atoms with Crippen molar-refractivity contribution < 1.29 is 8.42 Å². The van der Waals surface area contributed by atoms with Crippen molar-refractivity contribution in [3.05, 3.63) is 59.7 Å². The summed E-state index contributed by atoms with van der Waals surface area (Å²) in [4.78, 5) is 14.0. The summed E-state index contributed by atoms with van der Waals surface area (Å²) in [5.74, 6) is 0.885. The molecule has 2 aromatic heterocycles. The van der Waals surface area contributed by atoms with Gasteiger partial charge in [-0.1, -0.05) is 24.3 Å². The summed E-state index contributed by atoms with van der Waals surface area (Å²) in [5, 5.41) is 4.35. The van der Waals surface area contributed by atoms with E-state index in [0.717, 1.165) is 55.4 Å². The first kappa shape index (κ1) is 23.3. The Kier molecular flexibility index (Phi) is 6.78. The van der Waals surface area contributed by atoms with Gasteiger partial charge in [-0.05, 0) is 12.5 Å². The van der Waals surface area contributed by atoms with Gasteiger partial charge in [0.05, 0.1) is 12.5 Å². The Bertz CT molecular complexity index is 1200. The average Bonchev–Trinajstić information content (AvgIpc) is 3.12. The third-order valence-corrected chi connectivity index (χ3v) is 7.54. The fourth-order valence-electron chi connectivity index (χ4n) is 3.97. The molecule has 0 bridgehead atoms. The number of hydrogen-bond donors (Lipinski definition) is 0. The molecular weight excluding hydrogens is 438 g/mol. The van der Waals surface area contributed by atoms with E-state index in [1.54, 1.807) is 19.4 Å². The van der Waals surface area contributed by atoms with Gasteiger partial charge < -0.3 is 4.90 Å². The topological polar surface area (TPSA) is 87.5 Å². The summed E-state index contributed by atoms with van der Waals surface area (Å²) >= 11 is 0. The predicted octanol–water partition coefficient (Wildman–Crippen LogP) is 1.90. The lowest BCUT2D eigenvalue weighted by atomic mass is 10.1. The molecule has 3 heterocycles. The monoisotopic (exact) mass is 469 g/mol. The van der Waals surface area contributed by atoms with Crippen LogP contribution in [0.15, 0.2) is 42.9 Å². The minimum atomic E-state index is -3.21. The highest BCUT2D eigenvalue weighted by atomic mass is 32.2. The van der Waals surface area contributed by atoms with Crippen LogP contribution in [0.3, 0.4) is 0 Å². The maximum atomic E-state index is 11.7. The van der Waals surface area contributed by atoms with E-state index in [4.69, 9.17) is 0 Å². The van der Waals surface area contributed by atoms with Gasteiger partial charge in [0.25, 0.3) is 0 Å². The molecule has 1 saturated heterocycles. The van der Waals surface area contributed by atoms with Gasteiger partial charge >= 0.3 is 0 Å². The highest BCUT2D eigenvalue weighted by molar-refractivity contribution is 7.88. The van der Waals surface area contributed by atoms with Crippen molar-refractivity contribution in [1.29, 1.82) is 0 Å². The van der Waals surface area contributed by atoms with Crippen molar-refractivity contribution >= 4 is 15.8 Å². The zero-order chi connectivity index (χ0) is 23.6. The molecule has 9 nitrogen and oxygen atoms in total. The second-order valence-electron chi connectivity index (χ2n) is 8.59. The molecule has 0 amide bonds. The van der Waals surface area contributed by atoms with E-state index in [1.807, 2.05) is 42.2 Å². The fourth-order valence-corrected chi connectivity index (χ4v) is 4.35. The normalized spacial score (nSPS) is 15.4. The van der Waals surface area contributed by atoms with Crippen LogP contribution in [0.25, 0.3) is 11.3 Å². The molecule has 0 spiro atoms. The van der Waals surface area contributed by atoms with Crippen LogP contribution in [0, 0.1) is 6.92 Å². The summed E-state index contributed by atoms with van der Waals surface area (Å²) in [6, 6.07) is 7.87. The predicted molar refractivity (Wildman–Crippen MR) is 129 cm³/mol. The van der Waals surface area contributed by atoms with Crippen LogP contribution < -0.4 is 4.90 Å². The van der Waals surface area contributed by atoms with Crippen molar-refractivity contribution in [1.82, 2.24) is 29.0 Å². The van der Waals surface area contributed by atoms with Crippen LogP contribution in [0.2, 0.25) is 0 Å². The van der Waals surface area contributed by atoms with Gasteiger partial charge in [0.1, 0.15) is 5.69 Å². The number of rotatable bonds is 7. The van der Waals surface area contributed by atoms with Gasteiger partial charge in [-0.25, -0.2) is 17.7 Å². The van der Waals surface area contributed by atoms with Crippen LogP contribution in [0.1, 0.15) is 16.8 Å². The number of benzene rings is 1. The number of anilines is 1. The first-order valence-corrected chi connectivity index (χ1v) is 12.8. The quantitative estimate of drug-likeness (QED) is 0.522. The first-order valence-electron chi connectivity index (χ1n) is 11.0. The van der Waals surface area contributed by atoms with Crippen LogP contribution in [-0.2, 0) is 30.2 Å². The van der Waals surface area contributed by atoms with Crippen molar-refractivity contribution in [2.24, 2.45) is 7.05 Å². The Morgan fingerprint density at radius 1 is 1.03 bits per heavy atom. The first-order chi connectivity index (χ1) is 15.7. The van der Waals surface area contributed by atoms with Gasteiger partial charge in [-0.15, -0.1) is 0 Å². The standard InChI is InChI=1S/C23H31N7O2S/c1-18-21(15-26-28(18)3)17-29-11-13-30(14-12-29)23-22(24-9-10-25-23)20-7-5-19(6-8-20)16-27(2)33(4,31)32/h5-10,15H,11-14,16-17H2,1-4H3. The summed E-state index contributed by atoms with van der Waals surface area (Å²) in [6.45, 7) is 7.00. The second kappa shape index (κ2) is 9.58. The molecular formula is C23H31N7O2S. The molecule has 4 rings (SSSR count). The number of aromatic nitrogens is 4. The Morgan fingerprint density at radius 2 is 1.70 bits per heavy atom. The molecule has 0 radical (unpaired) electrons. The molecule has 0 atom stereocenters. The smallest absolute Gasteiger partial charge is 0.211 e. The third-order valence-electron chi connectivity index (χ3n) is 6.28. The van der Waals surface area contributed by atoms with E-state index in [-0.39, 0.29) is 0 Å². The van der Waals surface area contributed by atoms with E-state index >= 15 is 0 Å². The Morgan fingerprint density at radius 3 is 2.30 bits per heavy atom. The van der Waals surface area contributed by atoms with E-state index < -0.39 is 10.0 Å². The van der Waals surface area contributed by atoms with Crippen LogP contribution in [-0.4, -0.2) is 76.9 Å². The van der Waals surface area contributed by atoms with Gasteiger partial charge in [0.2, 0.25) is 10.0 Å². The zero-order valence-electron chi connectivity index (χ0n) is 19.6. The van der Waals surface area contributed by atoms with Crippen molar-refractivity contribution in [2.45, 2.75) is 20.0 Å². The second-order valence-corrected chi connectivity index (χ2v) is 10.7. The molecule has 1 aliphatic heterocycles. The Balaban J connectivity index is 1.44. The van der Waals surface area contributed by atoms with Crippen LogP contribution in [0.4, 0.5) is 5.82 Å². The van der Waals surface area contributed by atoms with E-state index in [2.05, 4.69) is 31.8 Å². The van der Waals surface area contributed by atoms with Gasteiger partial charge in [-0.3, -0.25) is 14.6 Å². The largest absolute Gasteiger partial charge is 0.352 e. The van der Waals surface area contributed by atoms with Crippen LogP contribution >= 0.6 is 0 Å². The van der Waals surface area contributed by atoms with Gasteiger partial charge in [-0.2, -0.15) is 5.10 Å². The minimum Gasteiger partial charge on any atom is -0.352 e. The summed E-state index contributed by atoms with van der Waals surface area (Å²) < 4.78 is 26.6. The summed E-state index contributed by atoms with van der Waals surface area (Å²) in [5.41, 5.74) is 5.22. The lowest BCUT2D eigenvalue weighted by molar-refractivity contribution is 0.249. The van der Waals surface area contributed by atoms with Crippen LogP contribution in [0.5, 0.6) is 0 Å². The van der Waals surface area contributed by atoms with Crippen molar-refractivity contribution in [3.63, 3.8) is 0 Å².